The maximum atomic E-state index is 13.4. The van der Waals surface area contributed by atoms with E-state index in [4.69, 9.17) is 17.3 Å². The van der Waals surface area contributed by atoms with Crippen molar-refractivity contribution in [2.24, 2.45) is 10.7 Å². The first kappa shape index (κ1) is 14.1. The Labute approximate surface area is 117 Å². The first-order valence-corrected chi connectivity index (χ1v) is 6.52. The summed E-state index contributed by atoms with van der Waals surface area (Å²) in [6.07, 6.45) is 0. The lowest BCUT2D eigenvalue weighted by Crippen LogP contribution is -2.40. The van der Waals surface area contributed by atoms with E-state index in [2.05, 4.69) is 9.89 Å². The molecule has 104 valence electrons. The van der Waals surface area contributed by atoms with Gasteiger partial charge in [-0.25, -0.2) is 4.39 Å². The van der Waals surface area contributed by atoms with Crippen LogP contribution in [0.3, 0.4) is 0 Å². The maximum absolute atomic E-state index is 13.4. The summed E-state index contributed by atoms with van der Waals surface area (Å²) < 4.78 is 13.4. The maximum Gasteiger partial charge on any atom is 0.191 e. The molecule has 0 aromatic heterocycles. The Hall–Kier alpha value is -1.33. The van der Waals surface area contributed by atoms with Crippen LogP contribution in [0.25, 0.3) is 0 Å². The summed E-state index contributed by atoms with van der Waals surface area (Å²) in [7, 11) is 3.99. The van der Waals surface area contributed by atoms with Crippen LogP contribution in [0.15, 0.2) is 23.2 Å². The molecule has 1 heterocycles. The smallest absolute Gasteiger partial charge is 0.191 e. The Morgan fingerprint density at radius 3 is 2.84 bits per heavy atom. The van der Waals surface area contributed by atoms with Gasteiger partial charge in [-0.2, -0.15) is 0 Å². The average molecular weight is 285 g/mol. The second kappa shape index (κ2) is 5.75. The third-order valence-corrected chi connectivity index (χ3v) is 3.37. The molecule has 6 heteroatoms. The van der Waals surface area contributed by atoms with E-state index in [1.54, 1.807) is 6.07 Å². The molecule has 1 aliphatic heterocycles. The molecule has 0 fully saturated rings. The Morgan fingerprint density at radius 1 is 1.47 bits per heavy atom. The van der Waals surface area contributed by atoms with Gasteiger partial charge >= 0.3 is 0 Å². The lowest BCUT2D eigenvalue weighted by molar-refractivity contribution is 0.293. The fraction of sp³-hybridized carbons (Fsp3) is 0.462. The fourth-order valence-electron chi connectivity index (χ4n) is 2.16. The molecular formula is C13H18ClFN4. The number of benzene rings is 1. The zero-order chi connectivity index (χ0) is 14.0. The Kier molecular flexibility index (Phi) is 4.27. The Bertz CT molecular complexity index is 469. The standard InChI is InChI=1S/C13H18ClFN4/c1-18(2)3-4-19-12(8-17-13(19)16)9-5-10(14)7-11(15)6-9/h5-7,12H,3-4,8H2,1-2H3,(H2,16,17). The normalized spacial score (nSPS) is 19.1. The van der Waals surface area contributed by atoms with Crippen LogP contribution in [0, 0.1) is 5.82 Å². The molecule has 1 unspecified atom stereocenters. The van der Waals surface area contributed by atoms with Crippen molar-refractivity contribution >= 4 is 17.6 Å². The minimum Gasteiger partial charge on any atom is -0.370 e. The van der Waals surface area contributed by atoms with E-state index in [0.29, 0.717) is 17.5 Å². The Morgan fingerprint density at radius 2 is 2.21 bits per heavy atom. The molecule has 4 nitrogen and oxygen atoms in total. The molecule has 2 rings (SSSR count). The van der Waals surface area contributed by atoms with Gasteiger partial charge in [0, 0.05) is 18.1 Å². The van der Waals surface area contributed by atoms with E-state index >= 15 is 0 Å². The van der Waals surface area contributed by atoms with Crippen molar-refractivity contribution in [1.29, 1.82) is 0 Å². The van der Waals surface area contributed by atoms with Crippen LogP contribution >= 0.6 is 11.6 Å². The van der Waals surface area contributed by atoms with Crippen LogP contribution in [0.1, 0.15) is 11.6 Å². The third-order valence-electron chi connectivity index (χ3n) is 3.15. The molecule has 0 saturated heterocycles. The summed E-state index contributed by atoms with van der Waals surface area (Å²) in [6.45, 7) is 2.15. The zero-order valence-corrected chi connectivity index (χ0v) is 11.9. The van der Waals surface area contributed by atoms with E-state index in [9.17, 15) is 4.39 Å². The molecule has 1 aromatic rings. The van der Waals surface area contributed by atoms with Crippen molar-refractivity contribution in [3.8, 4) is 0 Å². The fourth-order valence-corrected chi connectivity index (χ4v) is 2.39. The van der Waals surface area contributed by atoms with E-state index in [-0.39, 0.29) is 11.9 Å². The number of halogens is 2. The number of hydrogen-bond acceptors (Lipinski definition) is 4. The number of likely N-dealkylation sites (N-methyl/N-ethyl adjacent to an activating group) is 1. The predicted octanol–water partition coefficient (Wildman–Crippen LogP) is 1.71. The van der Waals surface area contributed by atoms with Crippen molar-refractivity contribution in [3.63, 3.8) is 0 Å². The molecule has 2 N–H and O–H groups in total. The van der Waals surface area contributed by atoms with Gasteiger partial charge in [-0.05, 0) is 37.9 Å². The first-order valence-electron chi connectivity index (χ1n) is 6.14. The number of hydrogen-bond donors (Lipinski definition) is 1. The molecule has 0 radical (unpaired) electrons. The molecular weight excluding hydrogens is 267 g/mol. The molecule has 1 aliphatic rings. The topological polar surface area (TPSA) is 44.9 Å². The summed E-state index contributed by atoms with van der Waals surface area (Å²) in [4.78, 5) is 8.31. The van der Waals surface area contributed by atoms with Crippen LogP contribution in [0.4, 0.5) is 4.39 Å². The number of rotatable bonds is 4. The van der Waals surface area contributed by atoms with E-state index in [1.165, 1.54) is 12.1 Å². The lowest BCUT2D eigenvalue weighted by atomic mass is 10.1. The van der Waals surface area contributed by atoms with Gasteiger partial charge in [0.05, 0.1) is 12.6 Å². The SMILES string of the molecule is CN(C)CCN1C(N)=NCC1c1cc(F)cc(Cl)c1. The molecule has 19 heavy (non-hydrogen) atoms. The highest BCUT2D eigenvalue weighted by molar-refractivity contribution is 6.30. The molecule has 0 aliphatic carbocycles. The monoisotopic (exact) mass is 284 g/mol. The Balaban J connectivity index is 2.18. The summed E-state index contributed by atoms with van der Waals surface area (Å²) in [5.41, 5.74) is 6.71. The number of aliphatic imine (C=N–C) groups is 1. The van der Waals surface area contributed by atoms with Crippen molar-refractivity contribution in [2.75, 3.05) is 33.7 Å². The summed E-state index contributed by atoms with van der Waals surface area (Å²) in [5.74, 6) is 0.174. The van der Waals surface area contributed by atoms with Crippen LogP contribution in [-0.2, 0) is 0 Å². The summed E-state index contributed by atoms with van der Waals surface area (Å²) in [5, 5.41) is 0.396. The van der Waals surface area contributed by atoms with Gasteiger partial charge < -0.3 is 15.5 Å². The second-order valence-corrected chi connectivity index (χ2v) is 5.35. The van der Waals surface area contributed by atoms with Gasteiger partial charge in [-0.15, -0.1) is 0 Å². The highest BCUT2D eigenvalue weighted by Crippen LogP contribution is 2.28. The quantitative estimate of drug-likeness (QED) is 0.915. The van der Waals surface area contributed by atoms with Crippen LogP contribution in [0.5, 0.6) is 0 Å². The van der Waals surface area contributed by atoms with Gasteiger partial charge in [0.1, 0.15) is 5.82 Å². The molecule has 1 aromatic carbocycles. The number of nitrogens with two attached hydrogens (primary N) is 1. The van der Waals surface area contributed by atoms with Gasteiger partial charge in [0.25, 0.3) is 0 Å². The molecule has 1 atom stereocenters. The third kappa shape index (κ3) is 3.36. The number of guanidine groups is 1. The van der Waals surface area contributed by atoms with Crippen molar-refractivity contribution < 1.29 is 4.39 Å². The zero-order valence-electron chi connectivity index (χ0n) is 11.1. The van der Waals surface area contributed by atoms with Gasteiger partial charge in [-0.1, -0.05) is 11.6 Å². The predicted molar refractivity (Wildman–Crippen MR) is 75.9 cm³/mol. The highest BCUT2D eigenvalue weighted by Gasteiger charge is 2.27. The summed E-state index contributed by atoms with van der Waals surface area (Å²) in [6, 6.07) is 4.53. The second-order valence-electron chi connectivity index (χ2n) is 4.91. The molecule has 0 amide bonds. The minimum absolute atomic E-state index is 0.0341. The minimum atomic E-state index is -0.333. The van der Waals surface area contributed by atoms with Gasteiger partial charge in [0.2, 0.25) is 0 Å². The van der Waals surface area contributed by atoms with Crippen molar-refractivity contribution in [1.82, 2.24) is 9.80 Å². The largest absolute Gasteiger partial charge is 0.370 e. The lowest BCUT2D eigenvalue weighted by Gasteiger charge is -2.28. The molecule has 0 bridgehead atoms. The van der Waals surface area contributed by atoms with Crippen molar-refractivity contribution in [2.45, 2.75) is 6.04 Å². The highest BCUT2D eigenvalue weighted by atomic mass is 35.5. The first-order chi connectivity index (χ1) is 8.97. The number of nitrogens with zero attached hydrogens (tertiary/aromatic N) is 3. The van der Waals surface area contributed by atoms with Gasteiger partial charge in [0.15, 0.2) is 5.96 Å². The van der Waals surface area contributed by atoms with Gasteiger partial charge in [-0.3, -0.25) is 4.99 Å². The van der Waals surface area contributed by atoms with Crippen LogP contribution in [0.2, 0.25) is 5.02 Å². The van der Waals surface area contributed by atoms with Crippen LogP contribution < -0.4 is 5.73 Å². The van der Waals surface area contributed by atoms with E-state index in [0.717, 1.165) is 18.7 Å². The summed E-state index contributed by atoms with van der Waals surface area (Å²) >= 11 is 5.90. The van der Waals surface area contributed by atoms with E-state index < -0.39 is 0 Å². The van der Waals surface area contributed by atoms with E-state index in [1.807, 2.05) is 19.0 Å². The molecule has 0 spiro atoms. The van der Waals surface area contributed by atoms with Crippen LogP contribution in [-0.4, -0.2) is 49.5 Å². The van der Waals surface area contributed by atoms with Crippen molar-refractivity contribution in [3.05, 3.63) is 34.6 Å². The average Bonchev–Trinajstić information content (AvgIpc) is 2.66. The molecule has 0 saturated carbocycles.